The zero-order valence-corrected chi connectivity index (χ0v) is 17.2. The first-order chi connectivity index (χ1) is 14.1. The van der Waals surface area contributed by atoms with Gasteiger partial charge in [-0.25, -0.2) is 4.31 Å². The minimum atomic E-state index is -3.09. The molecule has 3 aromatic carbocycles. The lowest BCUT2D eigenvalue weighted by atomic mass is 9.89. The Morgan fingerprint density at radius 1 is 0.897 bits per heavy atom. The fourth-order valence-electron chi connectivity index (χ4n) is 4.32. The minimum Gasteiger partial charge on any atom is -0.330 e. The second-order valence-corrected chi connectivity index (χ2v) is 9.68. The number of fused-ring (bicyclic) bond motifs is 1. The molecule has 1 aliphatic rings. The van der Waals surface area contributed by atoms with E-state index in [4.69, 9.17) is 5.73 Å². The van der Waals surface area contributed by atoms with E-state index in [0.29, 0.717) is 13.0 Å². The number of rotatable bonds is 6. The summed E-state index contributed by atoms with van der Waals surface area (Å²) in [5, 5.41) is -0.290. The lowest BCUT2D eigenvalue weighted by Crippen LogP contribution is -2.42. The van der Waals surface area contributed by atoms with E-state index in [1.807, 2.05) is 66.7 Å². The van der Waals surface area contributed by atoms with Crippen LogP contribution in [0.5, 0.6) is 0 Å². The molecule has 1 aliphatic heterocycles. The van der Waals surface area contributed by atoms with Crippen LogP contribution < -0.4 is 10.0 Å². The predicted molar refractivity (Wildman–Crippen MR) is 123 cm³/mol. The number of hydrogen-bond donors (Lipinski definition) is 3. The van der Waals surface area contributed by atoms with Crippen LogP contribution >= 0.6 is 10.8 Å². The highest BCUT2D eigenvalue weighted by Gasteiger charge is 2.43. The Kier molecular flexibility index (Phi) is 5.92. The number of benzene rings is 3. The second kappa shape index (κ2) is 8.59. The third-order valence-corrected chi connectivity index (χ3v) is 8.01. The first-order valence-electron chi connectivity index (χ1n) is 10.1. The molecule has 0 amide bonds. The van der Waals surface area contributed by atoms with Crippen LogP contribution in [0.1, 0.15) is 17.5 Å². The van der Waals surface area contributed by atoms with Crippen LogP contribution in [-0.4, -0.2) is 20.9 Å². The van der Waals surface area contributed by atoms with Crippen molar-refractivity contribution in [2.45, 2.75) is 24.5 Å². The molecular formula is C24H28N2O2S. The third kappa shape index (κ3) is 4.05. The van der Waals surface area contributed by atoms with Crippen molar-refractivity contribution in [3.63, 3.8) is 0 Å². The molecule has 4 nitrogen and oxygen atoms in total. The van der Waals surface area contributed by atoms with Gasteiger partial charge >= 0.3 is 0 Å². The van der Waals surface area contributed by atoms with Gasteiger partial charge < -0.3 is 5.73 Å². The summed E-state index contributed by atoms with van der Waals surface area (Å²) in [4.78, 5) is 0. The topological polar surface area (TPSA) is 69.7 Å². The summed E-state index contributed by atoms with van der Waals surface area (Å²) in [5.74, 6) is 0.0759. The van der Waals surface area contributed by atoms with E-state index in [1.165, 1.54) is 5.56 Å². The molecule has 5 heteroatoms. The summed E-state index contributed by atoms with van der Waals surface area (Å²) in [6.07, 6.45) is 2.17. The first-order valence-corrected chi connectivity index (χ1v) is 11.6. The van der Waals surface area contributed by atoms with Gasteiger partial charge in [-0.1, -0.05) is 66.7 Å². The summed E-state index contributed by atoms with van der Waals surface area (Å²) < 4.78 is 24.9. The van der Waals surface area contributed by atoms with Crippen molar-refractivity contribution in [3.05, 3.63) is 96.1 Å². The highest BCUT2D eigenvalue weighted by Crippen LogP contribution is 2.61. The predicted octanol–water partition coefficient (Wildman–Crippen LogP) is 5.62. The van der Waals surface area contributed by atoms with Gasteiger partial charge in [-0.3, -0.25) is 9.11 Å². The number of nitrogens with zero attached hydrogens (tertiary/aromatic N) is 1. The highest BCUT2D eigenvalue weighted by atomic mass is 32.3. The van der Waals surface area contributed by atoms with Crippen LogP contribution in [0.25, 0.3) is 0 Å². The van der Waals surface area contributed by atoms with E-state index < -0.39 is 10.8 Å². The van der Waals surface area contributed by atoms with Gasteiger partial charge in [0.1, 0.15) is 0 Å². The monoisotopic (exact) mass is 408 g/mol. The van der Waals surface area contributed by atoms with E-state index >= 15 is 0 Å². The molecule has 0 bridgehead atoms. The summed E-state index contributed by atoms with van der Waals surface area (Å²) in [5.41, 5.74) is 9.97. The Labute approximate surface area is 174 Å². The molecule has 1 heterocycles. The molecule has 3 aromatic rings. The van der Waals surface area contributed by atoms with Gasteiger partial charge in [0.25, 0.3) is 0 Å². The molecule has 0 aliphatic carbocycles. The third-order valence-electron chi connectivity index (χ3n) is 5.70. The van der Waals surface area contributed by atoms with Gasteiger partial charge in [0.15, 0.2) is 0 Å². The quantitative estimate of drug-likeness (QED) is 0.495. The molecule has 2 unspecified atom stereocenters. The van der Waals surface area contributed by atoms with E-state index in [0.717, 1.165) is 29.8 Å². The van der Waals surface area contributed by atoms with Crippen LogP contribution in [0.4, 0.5) is 11.4 Å². The SMILES string of the molecule is NCCC(Cc1ccccc1)C1Cc2ccccc2N(c2ccccc2)S1(O)O. The molecule has 0 saturated carbocycles. The molecule has 0 fully saturated rings. The van der Waals surface area contributed by atoms with Crippen molar-refractivity contribution < 1.29 is 9.11 Å². The minimum absolute atomic E-state index is 0.0759. The van der Waals surface area contributed by atoms with Crippen molar-refractivity contribution in [3.8, 4) is 0 Å². The Hall–Kier alpha value is -2.31. The van der Waals surface area contributed by atoms with E-state index in [1.54, 1.807) is 4.31 Å². The molecule has 4 rings (SSSR count). The van der Waals surface area contributed by atoms with Gasteiger partial charge in [-0.2, -0.15) is 0 Å². The van der Waals surface area contributed by atoms with Crippen LogP contribution in [0.3, 0.4) is 0 Å². The Morgan fingerprint density at radius 3 is 2.21 bits per heavy atom. The van der Waals surface area contributed by atoms with Crippen LogP contribution in [-0.2, 0) is 12.8 Å². The average Bonchev–Trinajstić information content (AvgIpc) is 2.74. The average molecular weight is 409 g/mol. The highest BCUT2D eigenvalue weighted by molar-refractivity contribution is 8.26. The standard InChI is InChI=1S/C24H28N2O2S/c25-16-15-21(17-19-9-3-1-4-10-19)24-18-20-11-7-8-14-23(20)26(29(24,27)28)22-12-5-2-6-13-22/h1-14,21,24,27-28H,15-18,25H2. The normalized spacial score (nSPS) is 20.0. The van der Waals surface area contributed by atoms with Gasteiger partial charge in [0.05, 0.1) is 16.6 Å². The Bertz CT molecular complexity index is 934. The maximum Gasteiger partial charge on any atom is 0.0765 e. The number of anilines is 2. The maximum atomic E-state index is 11.6. The van der Waals surface area contributed by atoms with Crippen LogP contribution in [0, 0.1) is 5.92 Å². The summed E-state index contributed by atoms with van der Waals surface area (Å²) >= 11 is 0. The van der Waals surface area contributed by atoms with Crippen molar-refractivity contribution in [2.24, 2.45) is 11.7 Å². The fourth-order valence-corrected chi connectivity index (χ4v) is 6.65. The summed E-state index contributed by atoms with van der Waals surface area (Å²) in [6.45, 7) is 0.524. The molecule has 152 valence electrons. The van der Waals surface area contributed by atoms with Crippen molar-refractivity contribution in [1.82, 2.24) is 0 Å². The van der Waals surface area contributed by atoms with Crippen molar-refractivity contribution in [1.29, 1.82) is 0 Å². The van der Waals surface area contributed by atoms with Gasteiger partial charge in [-0.05, 0) is 61.1 Å². The van der Waals surface area contributed by atoms with E-state index in [9.17, 15) is 9.11 Å². The number of nitrogens with two attached hydrogens (primary N) is 1. The number of para-hydroxylation sites is 2. The van der Waals surface area contributed by atoms with E-state index in [2.05, 4.69) is 18.2 Å². The molecular weight excluding hydrogens is 380 g/mol. The second-order valence-electron chi connectivity index (χ2n) is 7.59. The van der Waals surface area contributed by atoms with Gasteiger partial charge in [0.2, 0.25) is 0 Å². The Morgan fingerprint density at radius 2 is 1.52 bits per heavy atom. The maximum absolute atomic E-state index is 11.6. The molecule has 0 radical (unpaired) electrons. The molecule has 2 atom stereocenters. The fraction of sp³-hybridized carbons (Fsp3) is 0.250. The molecule has 4 N–H and O–H groups in total. The molecule has 0 aromatic heterocycles. The van der Waals surface area contributed by atoms with Crippen molar-refractivity contribution in [2.75, 3.05) is 10.8 Å². The number of hydrogen-bond acceptors (Lipinski definition) is 4. The largest absolute Gasteiger partial charge is 0.330 e. The molecule has 0 saturated heterocycles. The van der Waals surface area contributed by atoms with E-state index in [-0.39, 0.29) is 11.2 Å². The first kappa shape index (κ1) is 20.0. The Balaban J connectivity index is 1.77. The lowest BCUT2D eigenvalue weighted by Gasteiger charge is -2.55. The van der Waals surface area contributed by atoms with Crippen LogP contribution in [0.15, 0.2) is 84.9 Å². The molecule has 29 heavy (non-hydrogen) atoms. The summed E-state index contributed by atoms with van der Waals surface area (Å²) in [7, 11) is -3.09. The summed E-state index contributed by atoms with van der Waals surface area (Å²) in [6, 6.07) is 28.0. The zero-order chi connectivity index (χ0) is 20.3. The lowest BCUT2D eigenvalue weighted by molar-refractivity contribution is 0.395. The van der Waals surface area contributed by atoms with Crippen LogP contribution in [0.2, 0.25) is 0 Å². The van der Waals surface area contributed by atoms with Crippen molar-refractivity contribution >= 4 is 22.2 Å². The smallest absolute Gasteiger partial charge is 0.0765 e. The van der Waals surface area contributed by atoms with Gasteiger partial charge in [0, 0.05) is 0 Å². The zero-order valence-electron chi connectivity index (χ0n) is 16.4. The van der Waals surface area contributed by atoms with Gasteiger partial charge in [-0.15, -0.1) is 10.8 Å². The molecule has 0 spiro atoms.